The highest BCUT2D eigenvalue weighted by atomic mass is 32.2. The summed E-state index contributed by atoms with van der Waals surface area (Å²) in [5.41, 5.74) is 1.93. The fourth-order valence-corrected chi connectivity index (χ4v) is 3.52. The summed E-state index contributed by atoms with van der Waals surface area (Å²) < 4.78 is 46.2. The number of anilines is 2. The number of ether oxygens (including phenoxy) is 1. The molecule has 0 aliphatic rings. The Labute approximate surface area is 184 Å². The lowest BCUT2D eigenvalue weighted by Gasteiger charge is -2.15. The minimum atomic E-state index is -3.45. The van der Waals surface area contributed by atoms with Gasteiger partial charge in [0.2, 0.25) is 10.0 Å². The van der Waals surface area contributed by atoms with Crippen LogP contribution in [0.1, 0.15) is 31.2 Å². The molecule has 170 valence electrons. The van der Waals surface area contributed by atoms with Gasteiger partial charge in [-0.25, -0.2) is 27.3 Å². The van der Waals surface area contributed by atoms with Crippen molar-refractivity contribution in [2.24, 2.45) is 7.05 Å². The predicted molar refractivity (Wildman–Crippen MR) is 117 cm³/mol. The third-order valence-corrected chi connectivity index (χ3v) is 5.91. The zero-order valence-corrected chi connectivity index (χ0v) is 18.8. The van der Waals surface area contributed by atoms with Gasteiger partial charge in [-0.2, -0.15) is 0 Å². The lowest BCUT2D eigenvalue weighted by atomic mass is 10.1. The average molecular weight is 463 g/mol. The molecule has 2 N–H and O–H groups in total. The van der Waals surface area contributed by atoms with Gasteiger partial charge in [0.1, 0.15) is 11.9 Å². The highest BCUT2D eigenvalue weighted by molar-refractivity contribution is 7.92. The second kappa shape index (κ2) is 9.30. The van der Waals surface area contributed by atoms with E-state index in [4.69, 9.17) is 4.74 Å². The molecule has 1 aromatic carbocycles. The zero-order valence-electron chi connectivity index (χ0n) is 18.0. The van der Waals surface area contributed by atoms with Gasteiger partial charge < -0.3 is 4.74 Å². The van der Waals surface area contributed by atoms with Gasteiger partial charge in [0, 0.05) is 7.05 Å². The number of rotatable bonds is 7. The number of nitrogens with one attached hydrogen (secondary N) is 2. The fourth-order valence-electron chi connectivity index (χ4n) is 2.82. The number of nitrogens with zero attached hydrogens (tertiary/aromatic N) is 4. The van der Waals surface area contributed by atoms with Crippen LogP contribution in [0.5, 0.6) is 0 Å². The topological polar surface area (TPSA) is 128 Å². The van der Waals surface area contributed by atoms with Crippen LogP contribution in [0.3, 0.4) is 0 Å². The van der Waals surface area contributed by atoms with E-state index in [1.807, 2.05) is 0 Å². The Bertz CT molecular complexity index is 1240. The number of carbonyl (C=O) groups is 1. The Balaban J connectivity index is 1.79. The van der Waals surface area contributed by atoms with Crippen molar-refractivity contribution in [1.29, 1.82) is 0 Å². The summed E-state index contributed by atoms with van der Waals surface area (Å²) in [7, 11) is -1.87. The van der Waals surface area contributed by atoms with Crippen molar-refractivity contribution in [3.63, 3.8) is 0 Å². The maximum Gasteiger partial charge on any atom is 0.413 e. The van der Waals surface area contributed by atoms with E-state index in [-0.39, 0.29) is 17.3 Å². The van der Waals surface area contributed by atoms with Crippen LogP contribution in [-0.4, -0.2) is 40.2 Å². The van der Waals surface area contributed by atoms with Crippen molar-refractivity contribution in [3.05, 3.63) is 53.5 Å². The number of carbonyl (C=O) groups excluding carboxylic acids is 1. The number of hydrogen-bond donors (Lipinski definition) is 2. The van der Waals surface area contributed by atoms with Crippen LogP contribution in [0, 0.1) is 12.7 Å². The summed E-state index contributed by atoms with van der Waals surface area (Å²) in [6.45, 7) is 4.80. The Kier molecular flexibility index (Phi) is 6.72. The number of hydrogen-bond acceptors (Lipinski definition) is 7. The average Bonchev–Trinajstić information content (AvgIpc) is 3.09. The number of aryl methyl sites for hydroxylation is 2. The van der Waals surface area contributed by atoms with Crippen LogP contribution in [0.4, 0.5) is 20.7 Å². The molecule has 0 radical (unpaired) electrons. The first-order chi connectivity index (χ1) is 15.1. The number of benzene rings is 1. The van der Waals surface area contributed by atoms with Crippen molar-refractivity contribution in [1.82, 2.24) is 20.0 Å². The molecule has 0 unspecified atom stereocenters. The smallest absolute Gasteiger partial charge is 0.413 e. The Morgan fingerprint density at radius 2 is 2.03 bits per heavy atom. The summed E-state index contributed by atoms with van der Waals surface area (Å²) in [5.74, 6) is -0.263. The Morgan fingerprint density at radius 1 is 1.28 bits per heavy atom. The molecule has 10 nitrogen and oxygen atoms in total. The van der Waals surface area contributed by atoms with Crippen molar-refractivity contribution in [2.45, 2.75) is 26.9 Å². The lowest BCUT2D eigenvalue weighted by Crippen LogP contribution is -2.18. The van der Waals surface area contributed by atoms with Crippen LogP contribution in [0.2, 0.25) is 0 Å². The quantitative estimate of drug-likeness (QED) is 0.551. The molecular weight excluding hydrogens is 439 g/mol. The summed E-state index contributed by atoms with van der Waals surface area (Å²) in [5, 5.41) is 10.5. The summed E-state index contributed by atoms with van der Waals surface area (Å²) in [6.07, 6.45) is -1.47. The van der Waals surface area contributed by atoms with Crippen LogP contribution in [-0.2, 0) is 21.8 Å². The minimum absolute atomic E-state index is 0.0669. The van der Waals surface area contributed by atoms with Crippen molar-refractivity contribution >= 4 is 27.6 Å². The van der Waals surface area contributed by atoms with E-state index in [0.29, 0.717) is 22.6 Å². The first-order valence-corrected chi connectivity index (χ1v) is 11.4. The number of aromatic nitrogens is 4. The molecule has 0 aliphatic carbocycles. The molecule has 3 aromatic rings. The largest absolute Gasteiger partial charge is 0.441 e. The maximum atomic E-state index is 13.4. The molecule has 32 heavy (non-hydrogen) atoms. The van der Waals surface area contributed by atoms with Gasteiger partial charge >= 0.3 is 6.09 Å². The van der Waals surface area contributed by atoms with Crippen LogP contribution >= 0.6 is 0 Å². The second-order valence-corrected chi connectivity index (χ2v) is 8.98. The molecule has 1 atom stereocenters. The fraction of sp³-hybridized carbons (Fsp3) is 0.300. The Hall–Kier alpha value is -3.54. The van der Waals surface area contributed by atoms with E-state index in [2.05, 4.69) is 25.3 Å². The van der Waals surface area contributed by atoms with Gasteiger partial charge in [-0.05, 0) is 50.6 Å². The summed E-state index contributed by atoms with van der Waals surface area (Å²) in [6, 6.07) is 8.90. The van der Waals surface area contributed by atoms with E-state index < -0.39 is 28.0 Å². The number of halogens is 1. The summed E-state index contributed by atoms with van der Waals surface area (Å²) in [4.78, 5) is 16.8. The lowest BCUT2D eigenvalue weighted by molar-refractivity contribution is 0.121. The first-order valence-electron chi connectivity index (χ1n) is 9.71. The van der Waals surface area contributed by atoms with Crippen LogP contribution in [0.15, 0.2) is 36.4 Å². The first kappa shape index (κ1) is 23.1. The molecule has 0 spiro atoms. The van der Waals surface area contributed by atoms with Gasteiger partial charge in [0.05, 0.1) is 22.8 Å². The van der Waals surface area contributed by atoms with E-state index in [9.17, 15) is 17.6 Å². The predicted octanol–water partition coefficient (Wildman–Crippen LogP) is 3.40. The second-order valence-electron chi connectivity index (χ2n) is 6.97. The zero-order chi connectivity index (χ0) is 23.5. The van der Waals surface area contributed by atoms with E-state index >= 15 is 0 Å². The van der Waals surface area contributed by atoms with Crippen molar-refractivity contribution in [2.75, 3.05) is 15.8 Å². The Morgan fingerprint density at radius 3 is 2.69 bits per heavy atom. The highest BCUT2D eigenvalue weighted by Gasteiger charge is 2.20. The summed E-state index contributed by atoms with van der Waals surface area (Å²) >= 11 is 0. The number of pyridine rings is 1. The third kappa shape index (κ3) is 5.38. The van der Waals surface area contributed by atoms with Crippen LogP contribution < -0.4 is 10.0 Å². The van der Waals surface area contributed by atoms with Gasteiger partial charge in [-0.15, -0.1) is 5.10 Å². The van der Waals surface area contributed by atoms with E-state index in [0.717, 1.165) is 0 Å². The van der Waals surface area contributed by atoms with Gasteiger partial charge in [-0.1, -0.05) is 17.3 Å². The maximum absolute atomic E-state index is 13.4. The standard InChI is InChI=1S/C20H23FN6O4S/c1-5-32(29,30)25-16-9-10-17(22-12(16)2)18-19(27(4)26-24-18)23-20(28)31-13(3)14-7-6-8-15(21)11-14/h6-11,13,25H,5H2,1-4H3,(H,23,28)/t13-/m1/s1. The van der Waals surface area contributed by atoms with Gasteiger partial charge in [-0.3, -0.25) is 10.0 Å². The highest BCUT2D eigenvalue weighted by Crippen LogP contribution is 2.27. The molecule has 1 amide bonds. The molecular formula is C20H23FN6O4S. The monoisotopic (exact) mass is 462 g/mol. The molecule has 0 saturated carbocycles. The van der Waals surface area contributed by atoms with E-state index in [1.165, 1.54) is 29.8 Å². The molecule has 2 heterocycles. The molecule has 12 heteroatoms. The van der Waals surface area contributed by atoms with E-state index in [1.54, 1.807) is 39.1 Å². The number of amides is 1. The van der Waals surface area contributed by atoms with Gasteiger partial charge in [0.25, 0.3) is 0 Å². The van der Waals surface area contributed by atoms with Crippen molar-refractivity contribution < 1.29 is 22.3 Å². The van der Waals surface area contributed by atoms with Crippen molar-refractivity contribution in [3.8, 4) is 11.4 Å². The molecule has 3 rings (SSSR count). The van der Waals surface area contributed by atoms with Crippen LogP contribution in [0.25, 0.3) is 11.4 Å². The third-order valence-electron chi connectivity index (χ3n) is 4.62. The molecule has 2 aromatic heterocycles. The molecule has 0 fully saturated rings. The molecule has 0 aliphatic heterocycles. The van der Waals surface area contributed by atoms with Gasteiger partial charge in [0.15, 0.2) is 11.5 Å². The SMILES string of the molecule is CCS(=O)(=O)Nc1ccc(-c2nnn(C)c2NC(=O)O[C@H](C)c2cccc(F)c2)nc1C. The minimum Gasteiger partial charge on any atom is -0.441 e. The number of sulfonamides is 1. The molecule has 0 bridgehead atoms. The normalized spacial score (nSPS) is 12.3. The molecule has 0 saturated heterocycles.